The fourth-order valence-corrected chi connectivity index (χ4v) is 15.2. The zero-order chi connectivity index (χ0) is 23.1. The molecule has 36 heavy (non-hydrogen) atoms. The first-order chi connectivity index (χ1) is 16.7. The van der Waals surface area contributed by atoms with Gasteiger partial charge in [-0.25, -0.2) is 0 Å². The summed E-state index contributed by atoms with van der Waals surface area (Å²) in [5, 5.41) is 0. The second kappa shape index (κ2) is 11.4. The summed E-state index contributed by atoms with van der Waals surface area (Å²) in [6, 6.07) is 40.7. The van der Waals surface area contributed by atoms with Crippen LogP contribution in [0.25, 0.3) is 11.1 Å². The number of fused-ring (bicyclic) bond motifs is 3. The molecule has 0 saturated carbocycles. The van der Waals surface area contributed by atoms with Gasteiger partial charge in [0.1, 0.15) is 0 Å². The average molecular weight is 587 g/mol. The van der Waals surface area contributed by atoms with E-state index in [0.717, 1.165) is 6.42 Å². The molecule has 3 heteroatoms. The molecule has 0 saturated heterocycles. The van der Waals surface area contributed by atoms with Crippen molar-refractivity contribution in [2.24, 2.45) is 0 Å². The van der Waals surface area contributed by atoms with E-state index < -0.39 is 21.3 Å². The summed E-state index contributed by atoms with van der Waals surface area (Å²) in [6.45, 7) is 4.62. The van der Waals surface area contributed by atoms with Crippen molar-refractivity contribution in [1.82, 2.24) is 0 Å². The molecule has 6 rings (SSSR count). The molecule has 0 atom stereocenters. The van der Waals surface area contributed by atoms with Gasteiger partial charge in [-0.1, -0.05) is 0 Å². The number of benzene rings is 4. The summed E-state index contributed by atoms with van der Waals surface area (Å²) in [5.74, 6) is 0. The van der Waals surface area contributed by atoms with Crippen molar-refractivity contribution in [1.29, 1.82) is 0 Å². The van der Waals surface area contributed by atoms with Crippen molar-refractivity contribution in [3.8, 4) is 11.1 Å². The Kier molecular flexibility index (Phi) is 8.46. The van der Waals surface area contributed by atoms with Crippen molar-refractivity contribution in [3.63, 3.8) is 0 Å². The first-order valence-electron chi connectivity index (χ1n) is 12.1. The topological polar surface area (TPSA) is 0 Å². The third-order valence-corrected chi connectivity index (χ3v) is 15.6. The normalized spacial score (nSPS) is 13.5. The van der Waals surface area contributed by atoms with E-state index in [1.165, 1.54) is 44.5 Å². The van der Waals surface area contributed by atoms with Crippen LogP contribution in [-0.4, -0.2) is 3.21 Å². The molecule has 4 aromatic rings. The third kappa shape index (κ3) is 4.70. The summed E-state index contributed by atoms with van der Waals surface area (Å²) in [5.41, 5.74) is 11.7. The molecule has 2 aliphatic carbocycles. The van der Waals surface area contributed by atoms with Gasteiger partial charge in [-0.05, 0) is 0 Å². The van der Waals surface area contributed by atoms with Gasteiger partial charge in [-0.2, -0.15) is 0 Å². The van der Waals surface area contributed by atoms with Crippen molar-refractivity contribution in [2.75, 3.05) is 0 Å². The molecule has 4 aromatic carbocycles. The molecule has 0 aliphatic heterocycles. The van der Waals surface area contributed by atoms with Gasteiger partial charge >= 0.3 is 211 Å². The van der Waals surface area contributed by atoms with E-state index in [4.69, 9.17) is 0 Å². The van der Waals surface area contributed by atoms with Gasteiger partial charge in [0.15, 0.2) is 0 Å². The second-order valence-corrected chi connectivity index (χ2v) is 15.7. The molecule has 2 aliphatic rings. The van der Waals surface area contributed by atoms with E-state index in [-0.39, 0.29) is 24.8 Å². The number of hydrogen-bond acceptors (Lipinski definition) is 0. The fourth-order valence-electron chi connectivity index (χ4n) is 5.68. The maximum Gasteiger partial charge on any atom is -1.00 e. The van der Waals surface area contributed by atoms with Crippen LogP contribution in [0.4, 0.5) is 0 Å². The van der Waals surface area contributed by atoms with Gasteiger partial charge in [0.05, 0.1) is 0 Å². The smallest absolute Gasteiger partial charge is 1.00 e. The Morgan fingerprint density at radius 1 is 0.611 bits per heavy atom. The largest absolute Gasteiger partial charge is 1.00 e. The van der Waals surface area contributed by atoms with Crippen LogP contribution in [0, 0.1) is 0 Å². The molecule has 0 radical (unpaired) electrons. The second-order valence-electron chi connectivity index (χ2n) is 9.44. The Balaban J connectivity index is 0.00000152. The zero-order valence-corrected chi connectivity index (χ0v) is 24.5. The monoisotopic (exact) mass is 584 g/mol. The summed E-state index contributed by atoms with van der Waals surface area (Å²) in [4.78, 5) is 0. The summed E-state index contributed by atoms with van der Waals surface area (Å²) >= 11 is -2.54. The van der Waals surface area contributed by atoms with Crippen LogP contribution in [0.5, 0.6) is 0 Å². The van der Waals surface area contributed by atoms with Crippen LogP contribution in [0.2, 0.25) is 0 Å². The van der Waals surface area contributed by atoms with E-state index >= 15 is 0 Å². The molecule has 0 spiro atoms. The van der Waals surface area contributed by atoms with Crippen molar-refractivity contribution in [2.45, 2.75) is 23.9 Å². The molecule has 0 aromatic heterocycles. The van der Waals surface area contributed by atoms with Crippen molar-refractivity contribution < 1.29 is 46.1 Å². The predicted octanol–water partition coefficient (Wildman–Crippen LogP) is 2.28. The maximum atomic E-state index is 2.56. The number of halogens is 2. The van der Waals surface area contributed by atoms with Gasteiger partial charge < -0.3 is 24.8 Å². The summed E-state index contributed by atoms with van der Waals surface area (Å²) < 4.78 is 3.82. The molecule has 0 nitrogen and oxygen atoms in total. The average Bonchev–Trinajstić information content (AvgIpc) is 3.40. The Morgan fingerprint density at radius 2 is 1.06 bits per heavy atom. The van der Waals surface area contributed by atoms with Gasteiger partial charge in [-0.15, -0.1) is 0 Å². The van der Waals surface area contributed by atoms with Gasteiger partial charge in [0.25, 0.3) is 0 Å². The maximum absolute atomic E-state index is 2.56. The first kappa shape index (κ1) is 26.7. The van der Waals surface area contributed by atoms with Crippen LogP contribution >= 0.6 is 0 Å². The molecule has 0 N–H and O–H groups in total. The first-order valence-corrected chi connectivity index (χ1v) is 16.0. The van der Waals surface area contributed by atoms with Crippen molar-refractivity contribution in [3.05, 3.63) is 152 Å². The van der Waals surface area contributed by atoms with E-state index in [1.54, 1.807) is 6.49 Å². The summed E-state index contributed by atoms with van der Waals surface area (Å²) in [6.07, 6.45) is 3.68. The van der Waals surface area contributed by atoms with Gasteiger partial charge in [0, 0.05) is 0 Å². The van der Waals surface area contributed by atoms with Gasteiger partial charge in [-0.3, -0.25) is 0 Å². The zero-order valence-electron chi connectivity index (χ0n) is 20.5. The number of allylic oxidation sites excluding steroid dienone is 4. The van der Waals surface area contributed by atoms with Crippen LogP contribution in [0.1, 0.15) is 46.1 Å². The quantitative estimate of drug-likeness (QED) is 0.345. The van der Waals surface area contributed by atoms with Crippen LogP contribution in [0.15, 0.2) is 130 Å². The fraction of sp³-hybridized carbons (Fsp3) is 0.121. The van der Waals surface area contributed by atoms with E-state index in [1.807, 2.05) is 0 Å². The predicted molar refractivity (Wildman–Crippen MR) is 141 cm³/mol. The third-order valence-electron chi connectivity index (χ3n) is 7.38. The van der Waals surface area contributed by atoms with Crippen LogP contribution in [0.3, 0.4) is 0 Å². The minimum Gasteiger partial charge on any atom is -1.00 e. The standard InChI is InChI=1S/C13H9.C13H10.C7H9.2ClH.Zr/c1-3-7-12-10(5-1)9-11-6-2-4-8-13(11)12;1-3-7-12(8-4-1)11-13-9-5-2-6-10-13;1-6-4-3-5-7(6)2;;;/h1-9H;1-10H;4H,5H2,1-2H3;2*1H;/q;;;;;+2/p-2. The Hall–Kier alpha value is -2.31. The van der Waals surface area contributed by atoms with Crippen LogP contribution < -0.4 is 24.8 Å². The van der Waals surface area contributed by atoms with Gasteiger partial charge in [0.2, 0.25) is 0 Å². The van der Waals surface area contributed by atoms with Crippen LogP contribution in [-0.2, 0) is 21.3 Å². The molecular weight excluding hydrogens is 558 g/mol. The Bertz CT molecular complexity index is 1390. The molecule has 0 unspecified atom stereocenters. The molecule has 0 bridgehead atoms. The van der Waals surface area contributed by atoms with E-state index in [2.05, 4.69) is 129 Å². The SMILES string of the molecule is CC1=C(C)C[C]([Zr+2](=[C](c2ccccc2)c2ccccc2)[CH]2c3ccccc3-c3ccccc32)=C1.[Cl-].[Cl-]. The molecule has 0 amide bonds. The number of rotatable bonds is 4. The minimum absolute atomic E-state index is 0. The molecular formula is C33H28Cl2Zr. The molecule has 0 fully saturated rings. The van der Waals surface area contributed by atoms with E-state index in [0.29, 0.717) is 3.63 Å². The molecule has 0 heterocycles. The Labute approximate surface area is 234 Å². The van der Waals surface area contributed by atoms with Crippen molar-refractivity contribution >= 4 is 3.21 Å². The number of hydrogen-bond donors (Lipinski definition) is 0. The minimum atomic E-state index is -2.54. The summed E-state index contributed by atoms with van der Waals surface area (Å²) in [7, 11) is 0. The van der Waals surface area contributed by atoms with E-state index in [9.17, 15) is 0 Å². The Morgan fingerprint density at radius 3 is 1.50 bits per heavy atom. The molecule has 178 valence electrons.